The Bertz CT molecular complexity index is 868. The van der Waals surface area contributed by atoms with Gasteiger partial charge in [-0.1, -0.05) is 6.07 Å². The van der Waals surface area contributed by atoms with Gasteiger partial charge in [0.15, 0.2) is 11.6 Å². The largest absolute Gasteiger partial charge is 0.466 e. The minimum Gasteiger partial charge on any atom is -0.466 e. The minimum atomic E-state index is -0.719. The first kappa shape index (κ1) is 18.4. The van der Waals surface area contributed by atoms with Crippen LogP contribution in [0.25, 0.3) is 0 Å². The van der Waals surface area contributed by atoms with Crippen LogP contribution < -0.4 is 4.74 Å². The van der Waals surface area contributed by atoms with Crippen molar-refractivity contribution in [2.24, 2.45) is 0 Å². The molecule has 0 bridgehead atoms. The molecule has 2 rings (SSSR count). The van der Waals surface area contributed by atoms with E-state index in [4.69, 9.17) is 20.0 Å². The highest BCUT2D eigenvalue weighted by atomic mass is 79.9. The third-order valence-corrected chi connectivity index (χ3v) is 3.78. The normalized spacial score (nSPS) is 9.80. The summed E-state index contributed by atoms with van der Waals surface area (Å²) < 4.78 is 25.4. The SMILES string of the molecule is CCOC(=O)Cc1ccc(Br)c(Oc2cc(C#N)cc(C#N)c2)c1F. The van der Waals surface area contributed by atoms with Crippen molar-refractivity contribution in [2.45, 2.75) is 13.3 Å². The summed E-state index contributed by atoms with van der Waals surface area (Å²) in [6, 6.07) is 11.0. The molecule has 0 aromatic heterocycles. The molecule has 0 fully saturated rings. The lowest BCUT2D eigenvalue weighted by atomic mass is 10.1. The topological polar surface area (TPSA) is 83.1 Å². The van der Waals surface area contributed by atoms with E-state index in [1.54, 1.807) is 13.0 Å². The predicted octanol–water partition coefficient (Wildman–Crippen LogP) is 4.23. The quantitative estimate of drug-likeness (QED) is 0.698. The summed E-state index contributed by atoms with van der Waals surface area (Å²) in [6.45, 7) is 1.87. The number of ether oxygens (including phenoxy) is 2. The van der Waals surface area contributed by atoms with Crippen molar-refractivity contribution in [1.82, 2.24) is 0 Å². The van der Waals surface area contributed by atoms with E-state index in [0.717, 1.165) is 0 Å². The molecule has 0 aliphatic carbocycles. The number of hydrogen-bond acceptors (Lipinski definition) is 5. The second-order valence-corrected chi connectivity index (χ2v) is 5.76. The van der Waals surface area contributed by atoms with Crippen LogP contribution in [-0.4, -0.2) is 12.6 Å². The maximum atomic E-state index is 14.7. The van der Waals surface area contributed by atoms with Crippen LogP contribution >= 0.6 is 15.9 Å². The van der Waals surface area contributed by atoms with Crippen molar-refractivity contribution in [3.05, 3.63) is 57.3 Å². The Morgan fingerprint density at radius 1 is 1.20 bits per heavy atom. The van der Waals surface area contributed by atoms with E-state index in [9.17, 15) is 9.18 Å². The van der Waals surface area contributed by atoms with Crippen LogP contribution in [0.1, 0.15) is 23.6 Å². The van der Waals surface area contributed by atoms with E-state index < -0.39 is 11.8 Å². The van der Waals surface area contributed by atoms with Gasteiger partial charge in [0.05, 0.1) is 40.8 Å². The third-order valence-electron chi connectivity index (χ3n) is 3.15. The standard InChI is InChI=1S/C18H12BrFN2O3/c1-2-24-16(23)8-13-3-4-15(19)18(17(13)20)25-14-6-11(9-21)5-12(7-14)10-22/h3-7H,2,8H2,1H3. The average Bonchev–Trinajstić information content (AvgIpc) is 2.61. The number of hydrogen-bond donors (Lipinski definition) is 0. The lowest BCUT2D eigenvalue weighted by molar-refractivity contribution is -0.142. The molecule has 7 heteroatoms. The molecule has 0 aliphatic heterocycles. The Morgan fingerprint density at radius 2 is 1.84 bits per heavy atom. The van der Waals surface area contributed by atoms with Crippen molar-refractivity contribution in [1.29, 1.82) is 10.5 Å². The number of carbonyl (C=O) groups excluding carboxylic acids is 1. The zero-order valence-electron chi connectivity index (χ0n) is 13.2. The Labute approximate surface area is 152 Å². The zero-order chi connectivity index (χ0) is 18.4. The molecule has 0 N–H and O–H groups in total. The Morgan fingerprint density at radius 3 is 2.40 bits per heavy atom. The second-order valence-electron chi connectivity index (χ2n) is 4.90. The molecule has 0 spiro atoms. The fraction of sp³-hybridized carbons (Fsp3) is 0.167. The predicted molar refractivity (Wildman–Crippen MR) is 90.4 cm³/mol. The van der Waals surface area contributed by atoms with Crippen molar-refractivity contribution in [3.63, 3.8) is 0 Å². The van der Waals surface area contributed by atoms with E-state index in [-0.39, 0.29) is 41.2 Å². The van der Waals surface area contributed by atoms with Gasteiger partial charge in [-0.3, -0.25) is 4.79 Å². The molecular formula is C18H12BrFN2O3. The molecule has 2 aromatic rings. The van der Waals surface area contributed by atoms with Gasteiger partial charge in [0, 0.05) is 5.56 Å². The molecule has 2 aromatic carbocycles. The van der Waals surface area contributed by atoms with E-state index in [1.807, 2.05) is 12.1 Å². The first-order chi connectivity index (χ1) is 12.0. The highest BCUT2D eigenvalue weighted by Gasteiger charge is 2.18. The molecule has 0 atom stereocenters. The van der Waals surface area contributed by atoms with Crippen LogP contribution in [0.4, 0.5) is 4.39 Å². The van der Waals surface area contributed by atoms with Crippen molar-refractivity contribution in [2.75, 3.05) is 6.61 Å². The van der Waals surface area contributed by atoms with Gasteiger partial charge in [-0.25, -0.2) is 4.39 Å². The fourth-order valence-electron chi connectivity index (χ4n) is 2.08. The maximum absolute atomic E-state index is 14.7. The lowest BCUT2D eigenvalue weighted by Gasteiger charge is -2.12. The van der Waals surface area contributed by atoms with Crippen LogP contribution in [0.2, 0.25) is 0 Å². The number of benzene rings is 2. The van der Waals surface area contributed by atoms with Crippen LogP contribution in [-0.2, 0) is 16.0 Å². The van der Waals surface area contributed by atoms with Gasteiger partial charge in [-0.15, -0.1) is 0 Å². The molecular weight excluding hydrogens is 391 g/mol. The summed E-state index contributed by atoms with van der Waals surface area (Å²) in [4.78, 5) is 11.6. The number of nitriles is 2. The maximum Gasteiger partial charge on any atom is 0.310 e. The first-order valence-corrected chi connectivity index (χ1v) is 8.03. The zero-order valence-corrected chi connectivity index (χ0v) is 14.8. The summed E-state index contributed by atoms with van der Waals surface area (Å²) in [6.07, 6.45) is -0.231. The number of rotatable bonds is 5. The minimum absolute atomic E-state index is 0.119. The fourth-order valence-corrected chi connectivity index (χ4v) is 2.46. The van der Waals surface area contributed by atoms with E-state index in [2.05, 4.69) is 15.9 Å². The van der Waals surface area contributed by atoms with Gasteiger partial charge in [-0.2, -0.15) is 10.5 Å². The van der Waals surface area contributed by atoms with Crippen molar-refractivity contribution < 1.29 is 18.7 Å². The lowest BCUT2D eigenvalue weighted by Crippen LogP contribution is -2.09. The summed E-state index contributed by atoms with van der Waals surface area (Å²) in [5, 5.41) is 18.0. The van der Waals surface area contributed by atoms with Crippen LogP contribution in [0.3, 0.4) is 0 Å². The van der Waals surface area contributed by atoms with Gasteiger partial charge in [0.2, 0.25) is 0 Å². The van der Waals surface area contributed by atoms with Crippen LogP contribution in [0.5, 0.6) is 11.5 Å². The summed E-state index contributed by atoms with van der Waals surface area (Å²) in [5.41, 5.74) is 0.551. The van der Waals surface area contributed by atoms with E-state index >= 15 is 0 Å². The molecule has 0 radical (unpaired) electrons. The second kappa shape index (κ2) is 8.27. The Balaban J connectivity index is 2.38. The van der Waals surface area contributed by atoms with E-state index in [0.29, 0.717) is 4.47 Å². The highest BCUT2D eigenvalue weighted by molar-refractivity contribution is 9.10. The molecule has 0 saturated carbocycles. The van der Waals surface area contributed by atoms with Gasteiger partial charge < -0.3 is 9.47 Å². The number of esters is 1. The number of halogens is 2. The summed E-state index contributed by atoms with van der Waals surface area (Å²) in [7, 11) is 0. The molecule has 25 heavy (non-hydrogen) atoms. The van der Waals surface area contributed by atoms with Crippen molar-refractivity contribution in [3.8, 4) is 23.6 Å². The molecule has 5 nitrogen and oxygen atoms in total. The molecule has 0 unspecified atom stereocenters. The molecule has 126 valence electrons. The van der Waals surface area contributed by atoms with Gasteiger partial charge in [-0.05, 0) is 47.1 Å². The van der Waals surface area contributed by atoms with Gasteiger partial charge in [0.25, 0.3) is 0 Å². The Kier molecular flexibility index (Phi) is 6.10. The molecule has 0 aliphatic rings. The van der Waals surface area contributed by atoms with E-state index in [1.165, 1.54) is 24.3 Å². The number of carbonyl (C=O) groups is 1. The number of nitrogens with zero attached hydrogens (tertiary/aromatic N) is 2. The Hall–Kier alpha value is -2.90. The summed E-state index contributed by atoms with van der Waals surface area (Å²) >= 11 is 3.20. The van der Waals surface area contributed by atoms with Gasteiger partial charge >= 0.3 is 5.97 Å². The van der Waals surface area contributed by atoms with Gasteiger partial charge in [0.1, 0.15) is 5.75 Å². The van der Waals surface area contributed by atoms with Crippen LogP contribution in [0, 0.1) is 28.5 Å². The average molecular weight is 403 g/mol. The molecule has 0 heterocycles. The van der Waals surface area contributed by atoms with Crippen molar-refractivity contribution >= 4 is 21.9 Å². The highest BCUT2D eigenvalue weighted by Crippen LogP contribution is 2.35. The summed E-state index contributed by atoms with van der Waals surface area (Å²) in [5.74, 6) is -1.26. The monoisotopic (exact) mass is 402 g/mol. The third kappa shape index (κ3) is 4.56. The molecule has 0 saturated heterocycles. The first-order valence-electron chi connectivity index (χ1n) is 7.24. The smallest absolute Gasteiger partial charge is 0.310 e. The van der Waals surface area contributed by atoms with Crippen LogP contribution in [0.15, 0.2) is 34.8 Å². The molecule has 0 amide bonds.